The third-order valence-electron chi connectivity index (χ3n) is 12.2. The lowest BCUT2D eigenvalue weighted by atomic mass is 9.93. The van der Waals surface area contributed by atoms with Crippen molar-refractivity contribution in [2.45, 2.75) is 93.8 Å². The third kappa shape index (κ3) is 26.1. The lowest BCUT2D eigenvalue weighted by Gasteiger charge is -2.38. The van der Waals surface area contributed by atoms with Gasteiger partial charge >= 0.3 is 31.9 Å². The highest BCUT2D eigenvalue weighted by Gasteiger charge is 2.48. The van der Waals surface area contributed by atoms with Crippen molar-refractivity contribution < 1.29 is 126 Å². The number of hydrogen-bond acceptors (Lipinski definition) is 23. The summed E-state index contributed by atoms with van der Waals surface area (Å²) < 4.78 is 59.4. The first-order valence-corrected chi connectivity index (χ1v) is 29.7. The number of aliphatic carboxylic acids is 1. The second-order valence-electron chi connectivity index (χ2n) is 19.1. The summed E-state index contributed by atoms with van der Waals surface area (Å²) >= 11 is 6.10. The van der Waals surface area contributed by atoms with E-state index in [1.54, 1.807) is 6.08 Å². The van der Waals surface area contributed by atoms with Crippen LogP contribution in [0.15, 0.2) is 87.9 Å². The quantitative estimate of drug-likeness (QED) is 0.00833. The van der Waals surface area contributed by atoms with Gasteiger partial charge in [-0.3, -0.25) is 28.6 Å². The molecule has 9 atom stereocenters. The lowest BCUT2D eigenvalue weighted by Crippen LogP contribution is -2.61. The summed E-state index contributed by atoms with van der Waals surface area (Å²) in [6.45, 7) is 1.36. The van der Waals surface area contributed by atoms with Gasteiger partial charge in [0.25, 0.3) is 11.8 Å². The van der Waals surface area contributed by atoms with Crippen LogP contribution in [0, 0.1) is 0 Å². The number of rotatable bonds is 36. The second-order valence-corrected chi connectivity index (χ2v) is 21.9. The second kappa shape index (κ2) is 36.9. The zero-order valence-corrected chi connectivity index (χ0v) is 51.0. The number of phosphoric acid groups is 1. The van der Waals surface area contributed by atoms with Crippen LogP contribution in [-0.2, 0) is 77.6 Å². The molecule has 4 rings (SSSR count). The Bertz CT molecular complexity index is 2750. The smallest absolute Gasteiger partial charge is 0.469 e. The normalized spacial score (nSPS) is 21.3. The molecule has 31 nitrogen and oxygen atoms in total. The Morgan fingerprint density at radius 1 is 0.874 bits per heavy atom. The Morgan fingerprint density at radius 2 is 1.54 bits per heavy atom. The molecule has 0 spiro atoms. The van der Waals surface area contributed by atoms with Gasteiger partial charge in [-0.15, -0.1) is 0 Å². The summed E-state index contributed by atoms with van der Waals surface area (Å²) in [5.74, 6) is -4.51. The van der Waals surface area contributed by atoms with Gasteiger partial charge in [-0.1, -0.05) is 48.6 Å². The fraction of sp³-hybridized carbons (Fsp3) is 0.509. The number of phosphoric ester groups is 1. The fourth-order valence-corrected chi connectivity index (χ4v) is 8.95. The highest BCUT2D eigenvalue weighted by atomic mass is 79.9. The standard InChI is InChI=1S/C53H70Br2N5O26P/c1-53(74,17-14-34-10-8-11-40(64)83-34)37(86-87(75,76)77)30-33(61)9-6-4-3-5-7-22-81-52(73)59(2)20-19-57-51(72)82-31-32-12-13-36(84-50-45(67)43(65)44(66)46(85-50)49(70)71)35(29-32)58-39(63)15-18-56-38(62)16-23-78-25-27-80-28-26-79-24-21-60-47(68)41(54)42(55)48(60)69/h3-9,11-14,17,29,33-34,37,43-46,50,61,65-67,74H,10,15-16,18-28,30-31H2,1-2H3,(H,56,62)(H,57,72)(H,58,63)(H,70,71)(H2,75,76,77)/b4-3-,7-5+,9-6-,17-14+/t33-,34-,37-,43+,44+,45-,46+,50-,53-/m1/s1. The van der Waals surface area contributed by atoms with Crippen molar-refractivity contribution in [1.29, 1.82) is 0 Å². The fourth-order valence-electron chi connectivity index (χ4n) is 7.56. The van der Waals surface area contributed by atoms with E-state index in [0.717, 1.165) is 4.90 Å². The number of hydrogen-bond donors (Lipinski definition) is 11. The third-order valence-corrected chi connectivity index (χ3v) is 14.7. The van der Waals surface area contributed by atoms with Crippen LogP contribution in [0.3, 0.4) is 0 Å². The Kier molecular flexibility index (Phi) is 31.0. The highest BCUT2D eigenvalue weighted by molar-refractivity contribution is 9.14. The number of carbonyl (C=O) groups excluding carboxylic acids is 7. The molecule has 0 bridgehead atoms. The maximum Gasteiger partial charge on any atom is 0.469 e. The molecule has 0 saturated carbocycles. The van der Waals surface area contributed by atoms with Crippen molar-refractivity contribution in [2.75, 3.05) is 84.8 Å². The Hall–Kier alpha value is -6.27. The van der Waals surface area contributed by atoms with Crippen molar-refractivity contribution >= 4 is 93.1 Å². The molecule has 87 heavy (non-hydrogen) atoms. The zero-order valence-electron chi connectivity index (χ0n) is 47.0. The van der Waals surface area contributed by atoms with Crippen LogP contribution in [0.5, 0.6) is 5.75 Å². The van der Waals surface area contributed by atoms with Crippen molar-refractivity contribution in [3.05, 3.63) is 93.5 Å². The molecule has 0 aliphatic carbocycles. The van der Waals surface area contributed by atoms with Crippen LogP contribution in [-0.4, -0.2) is 232 Å². The molecule has 1 aromatic rings. The molecule has 1 aromatic carbocycles. The number of likely N-dealkylation sites (N-methyl/N-ethyl adjacent to an activating group) is 1. The van der Waals surface area contributed by atoms with Gasteiger partial charge < -0.3 is 99.2 Å². The molecule has 482 valence electrons. The summed E-state index contributed by atoms with van der Waals surface area (Å²) in [6, 6.07) is 3.96. The molecule has 1 saturated heterocycles. The Balaban J connectivity index is 1.17. The molecule has 34 heteroatoms. The van der Waals surface area contributed by atoms with Gasteiger partial charge in [0.15, 0.2) is 6.10 Å². The number of imide groups is 1. The van der Waals surface area contributed by atoms with E-state index in [9.17, 15) is 83.3 Å². The number of carboxylic acid groups (broad SMARTS) is 1. The summed E-state index contributed by atoms with van der Waals surface area (Å²) in [5, 5.41) is 69.6. The monoisotopic (exact) mass is 1380 g/mol. The van der Waals surface area contributed by atoms with E-state index >= 15 is 0 Å². The van der Waals surface area contributed by atoms with E-state index in [1.165, 1.54) is 91.8 Å². The molecule has 0 radical (unpaired) electrons. The number of anilines is 1. The molecule has 6 amide bonds. The van der Waals surface area contributed by atoms with E-state index in [2.05, 4.69) is 47.8 Å². The maximum absolute atomic E-state index is 13.1. The molecule has 0 unspecified atom stereocenters. The van der Waals surface area contributed by atoms with E-state index in [-0.39, 0.29) is 111 Å². The number of nitrogens with one attached hydrogen (secondary N) is 3. The van der Waals surface area contributed by atoms with Crippen LogP contribution in [0.25, 0.3) is 0 Å². The highest BCUT2D eigenvalue weighted by Crippen LogP contribution is 2.42. The van der Waals surface area contributed by atoms with Crippen molar-refractivity contribution in [3.63, 3.8) is 0 Å². The van der Waals surface area contributed by atoms with Gasteiger partial charge in [-0.05, 0) is 68.6 Å². The van der Waals surface area contributed by atoms with Crippen molar-refractivity contribution in [3.8, 4) is 5.75 Å². The first-order valence-electron chi connectivity index (χ1n) is 26.6. The van der Waals surface area contributed by atoms with Gasteiger partial charge in [-0.25, -0.2) is 23.7 Å². The molecule has 11 N–H and O–H groups in total. The summed E-state index contributed by atoms with van der Waals surface area (Å²) in [4.78, 5) is 119. The molecule has 3 aliphatic rings. The van der Waals surface area contributed by atoms with Gasteiger partial charge in [0, 0.05) is 58.4 Å². The van der Waals surface area contributed by atoms with E-state index in [0.29, 0.717) is 6.42 Å². The number of carboxylic acids is 1. The number of allylic oxidation sites excluding steroid dienone is 4. The van der Waals surface area contributed by atoms with Crippen LogP contribution in [0.2, 0.25) is 0 Å². The predicted molar refractivity (Wildman–Crippen MR) is 307 cm³/mol. The number of alkyl carbamates (subject to hydrolysis) is 1. The average molecular weight is 1380 g/mol. The first kappa shape index (κ1) is 73.2. The minimum atomic E-state index is -5.12. The van der Waals surface area contributed by atoms with Gasteiger partial charge in [0.1, 0.15) is 64.0 Å². The molecular weight excluding hydrogens is 1310 g/mol. The molecular formula is C53H70Br2N5O26P. The van der Waals surface area contributed by atoms with Gasteiger partial charge in [-0.2, -0.15) is 0 Å². The lowest BCUT2D eigenvalue weighted by molar-refractivity contribution is -0.271. The van der Waals surface area contributed by atoms with Crippen molar-refractivity contribution in [2.24, 2.45) is 0 Å². The van der Waals surface area contributed by atoms with Gasteiger partial charge in [0.05, 0.1) is 58.0 Å². The van der Waals surface area contributed by atoms with E-state index in [1.807, 2.05) is 0 Å². The minimum absolute atomic E-state index is 0.0214. The largest absolute Gasteiger partial charge is 0.479 e. The van der Waals surface area contributed by atoms with Gasteiger partial charge in [0.2, 0.25) is 18.1 Å². The summed E-state index contributed by atoms with van der Waals surface area (Å²) in [6.07, 6.45) is -1.60. The summed E-state index contributed by atoms with van der Waals surface area (Å²) in [7, 11) is -3.71. The zero-order chi connectivity index (χ0) is 64.3. The number of carbonyl (C=O) groups is 8. The van der Waals surface area contributed by atoms with E-state index < -0.39 is 123 Å². The summed E-state index contributed by atoms with van der Waals surface area (Å²) in [5.41, 5.74) is -1.84. The predicted octanol–water partition coefficient (Wildman–Crippen LogP) is 0.584. The maximum atomic E-state index is 13.1. The number of halogens is 2. The van der Waals surface area contributed by atoms with Crippen molar-refractivity contribution in [1.82, 2.24) is 20.4 Å². The van der Waals surface area contributed by atoms with Crippen LogP contribution >= 0.6 is 39.7 Å². The van der Waals surface area contributed by atoms with Crippen LogP contribution in [0.1, 0.15) is 38.2 Å². The first-order chi connectivity index (χ1) is 41.2. The number of cyclic esters (lactones) is 1. The molecule has 3 aliphatic heterocycles. The molecule has 1 fully saturated rings. The molecule has 0 aromatic heterocycles. The number of nitrogens with zero attached hydrogens (tertiary/aromatic N) is 2. The number of aliphatic hydroxyl groups excluding tert-OH is 4. The number of aliphatic hydroxyl groups is 5. The van der Waals surface area contributed by atoms with Crippen LogP contribution in [0.4, 0.5) is 15.3 Å². The Morgan fingerprint density at radius 3 is 2.21 bits per heavy atom. The number of benzene rings is 1. The number of esters is 1. The Labute approximate surface area is 515 Å². The molecule has 3 heterocycles. The topological polar surface area (TPSA) is 441 Å². The SMILES string of the molecule is CN(CCNC(=O)OCc1ccc(O[C@@H]2O[C@H](C(=O)O)[C@@H](O)[C@H](O)[C@H]2O)c(NC(=O)CCNC(=O)CCOCCOCCOCCN2C(=O)C(Br)=C(Br)C2=O)c1)C(=O)OC/C=C/C=C\C=C/[C@@H](O)C[C@@H](OP(=O)(O)O)[C@](C)(O)/C=C/[C@H]1CC=CC(=O)O1. The van der Waals surface area contributed by atoms with Crippen LogP contribution < -0.4 is 20.7 Å². The number of amides is 6. The average Bonchev–Trinajstić information content (AvgIpc) is 1.99. The van der Waals surface area contributed by atoms with E-state index in [4.69, 9.17) is 42.4 Å². The minimum Gasteiger partial charge on any atom is -0.479 e. The number of ether oxygens (including phenoxy) is 8.